The molecule has 4 rings (SSSR count). The van der Waals surface area contributed by atoms with Gasteiger partial charge in [0, 0.05) is 11.3 Å². The molecule has 26 heavy (non-hydrogen) atoms. The zero-order valence-electron chi connectivity index (χ0n) is 13.7. The van der Waals surface area contributed by atoms with Crippen LogP contribution in [0.1, 0.15) is 22.8 Å². The fourth-order valence-electron chi connectivity index (χ4n) is 2.71. The Kier molecular flexibility index (Phi) is 3.77. The largest absolute Gasteiger partial charge is 0.488 e. The molecule has 1 aliphatic heterocycles. The number of aromatic nitrogens is 1. The molecule has 3 aromatic rings. The highest BCUT2D eigenvalue weighted by molar-refractivity contribution is 7.92. The zero-order chi connectivity index (χ0) is 18.3. The smallest absolute Gasteiger partial charge is 0.261 e. The van der Waals surface area contributed by atoms with Crippen LogP contribution < -0.4 is 9.46 Å². The first-order chi connectivity index (χ1) is 12.4. The lowest BCUT2D eigenvalue weighted by molar-refractivity contribution is 0.101. The number of hydrogen-bond acceptors (Lipinski definition) is 6. The number of sulfonamides is 1. The molecule has 0 spiro atoms. The lowest BCUT2D eigenvalue weighted by Gasteiger charge is -2.17. The molecular weight excluding hydrogens is 356 g/mol. The zero-order valence-corrected chi connectivity index (χ0v) is 14.5. The summed E-state index contributed by atoms with van der Waals surface area (Å²) in [7, 11) is -3.82. The standard InChI is InChI=1S/C18H14N2O5S/c1-11(21)12-2-4-14(5-3-12)20-26(22,23)15-6-7-17-16(8-15)18-13(10-24-17)9-19-25-18/h2-9,20H,10H2,1H3. The van der Waals surface area contributed by atoms with E-state index in [4.69, 9.17) is 9.26 Å². The number of ether oxygens (including phenoxy) is 1. The van der Waals surface area contributed by atoms with Gasteiger partial charge >= 0.3 is 0 Å². The van der Waals surface area contributed by atoms with Crippen LogP contribution in [-0.4, -0.2) is 19.4 Å². The van der Waals surface area contributed by atoms with Crippen molar-refractivity contribution < 1.29 is 22.5 Å². The first kappa shape index (κ1) is 16.3. The van der Waals surface area contributed by atoms with Gasteiger partial charge in [-0.25, -0.2) is 8.42 Å². The Hall–Kier alpha value is -3.13. The van der Waals surface area contributed by atoms with E-state index in [-0.39, 0.29) is 10.7 Å². The van der Waals surface area contributed by atoms with Crippen molar-refractivity contribution in [3.63, 3.8) is 0 Å². The molecule has 1 N–H and O–H groups in total. The molecule has 0 bridgehead atoms. The van der Waals surface area contributed by atoms with Gasteiger partial charge in [-0.05, 0) is 49.4 Å². The van der Waals surface area contributed by atoms with Crippen molar-refractivity contribution in [3.05, 3.63) is 59.8 Å². The Morgan fingerprint density at radius 2 is 1.92 bits per heavy atom. The lowest BCUT2D eigenvalue weighted by Crippen LogP contribution is -2.14. The Balaban J connectivity index is 1.67. The van der Waals surface area contributed by atoms with Gasteiger partial charge in [0.05, 0.1) is 22.2 Å². The third-order valence-electron chi connectivity index (χ3n) is 4.08. The SMILES string of the molecule is CC(=O)c1ccc(NS(=O)(=O)c2ccc3c(c2)-c2oncc2CO3)cc1. The third kappa shape index (κ3) is 2.84. The number of carbonyl (C=O) groups excluding carboxylic acids is 1. The van der Waals surface area contributed by atoms with E-state index in [2.05, 4.69) is 9.88 Å². The van der Waals surface area contributed by atoms with E-state index in [1.54, 1.807) is 36.5 Å². The summed E-state index contributed by atoms with van der Waals surface area (Å²) in [4.78, 5) is 11.4. The minimum absolute atomic E-state index is 0.0692. The fourth-order valence-corrected chi connectivity index (χ4v) is 3.79. The monoisotopic (exact) mass is 370 g/mol. The first-order valence-corrected chi connectivity index (χ1v) is 9.27. The minimum atomic E-state index is -3.82. The number of ketones is 1. The van der Waals surface area contributed by atoms with Crippen molar-refractivity contribution in [1.29, 1.82) is 0 Å². The fraction of sp³-hybridized carbons (Fsp3) is 0.111. The van der Waals surface area contributed by atoms with Gasteiger partial charge in [-0.15, -0.1) is 0 Å². The van der Waals surface area contributed by atoms with Crippen molar-refractivity contribution in [2.45, 2.75) is 18.4 Å². The van der Waals surface area contributed by atoms with Gasteiger partial charge in [-0.3, -0.25) is 9.52 Å². The highest BCUT2D eigenvalue weighted by atomic mass is 32.2. The molecule has 0 saturated carbocycles. The molecule has 0 aliphatic carbocycles. The van der Waals surface area contributed by atoms with Gasteiger partial charge in [0.15, 0.2) is 11.5 Å². The van der Waals surface area contributed by atoms with Crippen LogP contribution >= 0.6 is 0 Å². The van der Waals surface area contributed by atoms with E-state index in [0.717, 1.165) is 5.56 Å². The molecule has 2 aromatic carbocycles. The maximum absolute atomic E-state index is 12.7. The number of rotatable bonds is 4. The van der Waals surface area contributed by atoms with Gasteiger partial charge in [0.2, 0.25) is 0 Å². The van der Waals surface area contributed by atoms with Crippen molar-refractivity contribution >= 4 is 21.5 Å². The predicted octanol–water partition coefficient (Wildman–Crippen LogP) is 3.24. The third-order valence-corrected chi connectivity index (χ3v) is 5.46. The molecule has 0 atom stereocenters. The van der Waals surface area contributed by atoms with Crippen LogP contribution in [0.4, 0.5) is 5.69 Å². The van der Waals surface area contributed by atoms with Gasteiger partial charge in [-0.1, -0.05) is 5.16 Å². The summed E-state index contributed by atoms with van der Waals surface area (Å²) >= 11 is 0. The van der Waals surface area contributed by atoms with Crippen molar-refractivity contribution in [1.82, 2.24) is 5.16 Å². The summed E-state index contributed by atoms with van der Waals surface area (Å²) in [6.45, 7) is 1.78. The van der Waals surface area contributed by atoms with E-state index in [0.29, 0.717) is 34.9 Å². The maximum Gasteiger partial charge on any atom is 0.261 e. The quantitative estimate of drug-likeness (QED) is 0.708. The van der Waals surface area contributed by atoms with Crippen LogP contribution in [0.3, 0.4) is 0 Å². The first-order valence-electron chi connectivity index (χ1n) is 7.79. The average Bonchev–Trinajstić information content (AvgIpc) is 3.10. The molecule has 0 unspecified atom stereocenters. The van der Waals surface area contributed by atoms with Crippen LogP contribution in [-0.2, 0) is 16.6 Å². The molecule has 0 saturated heterocycles. The topological polar surface area (TPSA) is 98.5 Å². The second-order valence-corrected chi connectivity index (χ2v) is 7.55. The molecule has 1 aliphatic rings. The van der Waals surface area contributed by atoms with Crippen LogP contribution in [0.5, 0.6) is 5.75 Å². The molecule has 1 aromatic heterocycles. The molecular formula is C18H14N2O5S. The number of Topliss-reactive ketones (excluding diaryl/α,β-unsaturated/α-hetero) is 1. The summed E-state index contributed by atoms with van der Waals surface area (Å²) in [5.74, 6) is 0.963. The minimum Gasteiger partial charge on any atom is -0.488 e. The number of fused-ring (bicyclic) bond motifs is 3. The van der Waals surface area contributed by atoms with Gasteiger partial charge in [0.25, 0.3) is 10.0 Å². The number of benzene rings is 2. The van der Waals surface area contributed by atoms with Crippen LogP contribution in [0.15, 0.2) is 58.1 Å². The summed E-state index contributed by atoms with van der Waals surface area (Å²) in [5.41, 5.74) is 2.18. The number of carbonyl (C=O) groups is 1. The molecule has 0 radical (unpaired) electrons. The van der Waals surface area contributed by atoms with E-state index < -0.39 is 10.0 Å². The van der Waals surface area contributed by atoms with Crippen molar-refractivity contribution in [2.75, 3.05) is 4.72 Å². The molecule has 2 heterocycles. The second-order valence-electron chi connectivity index (χ2n) is 5.87. The number of nitrogens with zero attached hydrogens (tertiary/aromatic N) is 1. The number of nitrogens with one attached hydrogen (secondary N) is 1. The molecule has 132 valence electrons. The molecule has 0 amide bonds. The summed E-state index contributed by atoms with van der Waals surface area (Å²) < 4.78 is 38.7. The predicted molar refractivity (Wildman–Crippen MR) is 93.5 cm³/mol. The molecule has 7 nitrogen and oxygen atoms in total. The maximum atomic E-state index is 12.7. The van der Waals surface area contributed by atoms with Gasteiger partial charge < -0.3 is 9.26 Å². The Morgan fingerprint density at radius 3 is 2.65 bits per heavy atom. The van der Waals surface area contributed by atoms with Gasteiger partial charge in [-0.2, -0.15) is 0 Å². The van der Waals surface area contributed by atoms with E-state index in [1.165, 1.54) is 19.1 Å². The van der Waals surface area contributed by atoms with Crippen LogP contribution in [0.25, 0.3) is 11.3 Å². The summed E-state index contributed by atoms with van der Waals surface area (Å²) in [5, 5.41) is 3.74. The average molecular weight is 370 g/mol. The highest BCUT2D eigenvalue weighted by Crippen LogP contribution is 2.38. The van der Waals surface area contributed by atoms with Gasteiger partial charge in [0.1, 0.15) is 12.4 Å². The number of anilines is 1. The van der Waals surface area contributed by atoms with E-state index >= 15 is 0 Å². The summed E-state index contributed by atoms with van der Waals surface area (Å²) in [6.07, 6.45) is 1.55. The van der Waals surface area contributed by atoms with E-state index in [9.17, 15) is 13.2 Å². The lowest BCUT2D eigenvalue weighted by atomic mass is 10.1. The molecule has 0 fully saturated rings. The number of hydrogen-bond donors (Lipinski definition) is 1. The van der Waals surface area contributed by atoms with Crippen molar-refractivity contribution in [2.24, 2.45) is 0 Å². The normalized spacial score (nSPS) is 12.7. The Labute approximate surface area is 149 Å². The van der Waals surface area contributed by atoms with E-state index in [1.807, 2.05) is 0 Å². The van der Waals surface area contributed by atoms with Crippen LogP contribution in [0, 0.1) is 0 Å². The Morgan fingerprint density at radius 1 is 1.15 bits per heavy atom. The summed E-state index contributed by atoms with van der Waals surface area (Å²) in [6, 6.07) is 10.8. The second kappa shape index (κ2) is 5.99. The van der Waals surface area contributed by atoms with Crippen molar-refractivity contribution in [3.8, 4) is 17.1 Å². The Bertz CT molecular complexity index is 1100. The highest BCUT2D eigenvalue weighted by Gasteiger charge is 2.24. The molecule has 8 heteroatoms. The van der Waals surface area contributed by atoms with Crippen LogP contribution in [0.2, 0.25) is 0 Å².